The lowest BCUT2D eigenvalue weighted by Gasteiger charge is -2.03. The van der Waals surface area contributed by atoms with Gasteiger partial charge in [0.05, 0.1) is 22.6 Å². The van der Waals surface area contributed by atoms with Gasteiger partial charge in [-0.1, -0.05) is 0 Å². The van der Waals surface area contributed by atoms with Crippen LogP contribution in [0.15, 0.2) is 6.07 Å². The molecule has 0 aliphatic heterocycles. The van der Waals surface area contributed by atoms with Crippen molar-refractivity contribution in [2.45, 2.75) is 13.8 Å². The van der Waals surface area contributed by atoms with Gasteiger partial charge < -0.3 is 10.8 Å². The van der Waals surface area contributed by atoms with E-state index >= 15 is 0 Å². The minimum absolute atomic E-state index is 0.165. The summed E-state index contributed by atoms with van der Waals surface area (Å²) in [5, 5.41) is 8.69. The van der Waals surface area contributed by atoms with Gasteiger partial charge in [-0.05, 0) is 19.9 Å². The second-order valence-electron chi connectivity index (χ2n) is 2.60. The summed E-state index contributed by atoms with van der Waals surface area (Å²) < 4.78 is 0. The van der Waals surface area contributed by atoms with Crippen molar-refractivity contribution in [3.8, 4) is 0 Å². The second-order valence-corrected chi connectivity index (χ2v) is 2.60. The van der Waals surface area contributed by atoms with E-state index in [0.717, 1.165) is 0 Å². The molecule has 0 bridgehead atoms. The van der Waals surface area contributed by atoms with Crippen LogP contribution < -0.4 is 5.73 Å². The summed E-state index contributed by atoms with van der Waals surface area (Å²) in [6, 6.07) is 1.43. The Balaban J connectivity index is 3.33. The molecule has 1 aromatic heterocycles. The SMILES string of the molecule is Cc1nc(C)c(C(=O)O)cc1N. The third-order valence-corrected chi connectivity index (χ3v) is 1.67. The van der Waals surface area contributed by atoms with Gasteiger partial charge in [0.15, 0.2) is 0 Å². The Morgan fingerprint density at radius 1 is 1.50 bits per heavy atom. The Morgan fingerprint density at radius 3 is 2.58 bits per heavy atom. The van der Waals surface area contributed by atoms with Crippen LogP contribution in [0.2, 0.25) is 0 Å². The summed E-state index contributed by atoms with van der Waals surface area (Å²) in [4.78, 5) is 14.6. The fourth-order valence-electron chi connectivity index (χ4n) is 0.957. The van der Waals surface area contributed by atoms with Gasteiger partial charge in [-0.25, -0.2) is 4.79 Å². The summed E-state index contributed by atoms with van der Waals surface area (Å²) in [6.07, 6.45) is 0. The van der Waals surface area contributed by atoms with Gasteiger partial charge in [0, 0.05) is 0 Å². The zero-order valence-corrected chi connectivity index (χ0v) is 6.96. The van der Waals surface area contributed by atoms with Crippen LogP contribution in [0.3, 0.4) is 0 Å². The van der Waals surface area contributed by atoms with E-state index in [9.17, 15) is 4.79 Å². The summed E-state index contributed by atoms with van der Waals surface area (Å²) in [6.45, 7) is 3.39. The van der Waals surface area contributed by atoms with Crippen molar-refractivity contribution in [2.75, 3.05) is 5.73 Å². The topological polar surface area (TPSA) is 76.2 Å². The zero-order chi connectivity index (χ0) is 9.30. The van der Waals surface area contributed by atoms with Gasteiger partial charge in [-0.15, -0.1) is 0 Å². The molecule has 0 unspecified atom stereocenters. The molecule has 0 saturated carbocycles. The van der Waals surface area contributed by atoms with Crippen LogP contribution in [-0.2, 0) is 0 Å². The van der Waals surface area contributed by atoms with Crippen LogP contribution >= 0.6 is 0 Å². The number of pyridine rings is 1. The molecule has 1 heterocycles. The first-order valence-corrected chi connectivity index (χ1v) is 3.49. The van der Waals surface area contributed by atoms with Crippen molar-refractivity contribution in [1.29, 1.82) is 0 Å². The quantitative estimate of drug-likeness (QED) is 0.652. The minimum atomic E-state index is -0.994. The molecule has 4 nitrogen and oxygen atoms in total. The van der Waals surface area contributed by atoms with Crippen LogP contribution in [0.25, 0.3) is 0 Å². The highest BCUT2D eigenvalue weighted by Crippen LogP contribution is 2.13. The Labute approximate surface area is 70.0 Å². The first-order valence-electron chi connectivity index (χ1n) is 3.49. The number of nitrogens with zero attached hydrogens (tertiary/aromatic N) is 1. The highest BCUT2D eigenvalue weighted by Gasteiger charge is 2.09. The lowest BCUT2D eigenvalue weighted by Crippen LogP contribution is -2.05. The van der Waals surface area contributed by atoms with Crippen molar-refractivity contribution >= 4 is 11.7 Å². The lowest BCUT2D eigenvalue weighted by molar-refractivity contribution is 0.0695. The molecular formula is C8H10N2O2. The molecule has 4 heteroatoms. The predicted octanol–water partition coefficient (Wildman–Crippen LogP) is 0.979. The third-order valence-electron chi connectivity index (χ3n) is 1.67. The molecular weight excluding hydrogens is 156 g/mol. The fraction of sp³-hybridized carbons (Fsp3) is 0.250. The first kappa shape index (κ1) is 8.52. The molecule has 1 aromatic rings. The monoisotopic (exact) mass is 166 g/mol. The summed E-state index contributed by atoms with van der Waals surface area (Å²) in [5.74, 6) is -0.994. The number of aryl methyl sites for hydroxylation is 2. The molecule has 3 N–H and O–H groups in total. The molecule has 0 saturated heterocycles. The van der Waals surface area contributed by atoms with Gasteiger partial charge in [0.25, 0.3) is 0 Å². The van der Waals surface area contributed by atoms with E-state index in [2.05, 4.69) is 4.98 Å². The normalized spacial score (nSPS) is 9.83. The Morgan fingerprint density at radius 2 is 2.08 bits per heavy atom. The Kier molecular flexibility index (Phi) is 1.99. The van der Waals surface area contributed by atoms with Gasteiger partial charge in [-0.3, -0.25) is 4.98 Å². The number of anilines is 1. The molecule has 1 rings (SSSR count). The number of hydrogen-bond donors (Lipinski definition) is 2. The molecule has 0 atom stereocenters. The van der Waals surface area contributed by atoms with Crippen molar-refractivity contribution < 1.29 is 9.90 Å². The minimum Gasteiger partial charge on any atom is -0.478 e. The van der Waals surface area contributed by atoms with Gasteiger partial charge >= 0.3 is 5.97 Å². The van der Waals surface area contributed by atoms with E-state index in [1.54, 1.807) is 13.8 Å². The van der Waals surface area contributed by atoms with Crippen molar-refractivity contribution in [2.24, 2.45) is 0 Å². The molecule has 0 aromatic carbocycles. The third kappa shape index (κ3) is 1.37. The average Bonchev–Trinajstić information content (AvgIpc) is 1.96. The molecule has 0 amide bonds. The van der Waals surface area contributed by atoms with E-state index in [4.69, 9.17) is 10.8 Å². The maximum atomic E-state index is 10.6. The van der Waals surface area contributed by atoms with Crippen molar-refractivity contribution in [1.82, 2.24) is 4.98 Å². The average molecular weight is 166 g/mol. The Hall–Kier alpha value is -1.58. The fourth-order valence-corrected chi connectivity index (χ4v) is 0.957. The van der Waals surface area contributed by atoms with E-state index in [0.29, 0.717) is 17.1 Å². The molecule has 64 valence electrons. The summed E-state index contributed by atoms with van der Waals surface area (Å²) in [7, 11) is 0. The van der Waals surface area contributed by atoms with Crippen LogP contribution in [-0.4, -0.2) is 16.1 Å². The van der Waals surface area contributed by atoms with E-state index in [1.807, 2.05) is 0 Å². The lowest BCUT2D eigenvalue weighted by atomic mass is 10.1. The van der Waals surface area contributed by atoms with Gasteiger partial charge in [0.1, 0.15) is 0 Å². The van der Waals surface area contributed by atoms with E-state index in [1.165, 1.54) is 6.07 Å². The van der Waals surface area contributed by atoms with E-state index in [-0.39, 0.29) is 5.56 Å². The van der Waals surface area contributed by atoms with Crippen molar-refractivity contribution in [3.63, 3.8) is 0 Å². The molecule has 0 aliphatic rings. The highest BCUT2D eigenvalue weighted by atomic mass is 16.4. The number of hydrogen-bond acceptors (Lipinski definition) is 3. The van der Waals surface area contributed by atoms with Crippen LogP contribution in [0.5, 0.6) is 0 Å². The summed E-state index contributed by atoms with van der Waals surface area (Å²) >= 11 is 0. The standard InChI is InChI=1S/C8H10N2O2/c1-4-6(8(11)12)3-7(9)5(2)10-4/h3H,9H2,1-2H3,(H,11,12). The van der Waals surface area contributed by atoms with Crippen LogP contribution in [0, 0.1) is 13.8 Å². The van der Waals surface area contributed by atoms with Gasteiger partial charge in [-0.2, -0.15) is 0 Å². The maximum absolute atomic E-state index is 10.6. The number of rotatable bonds is 1. The number of carbonyl (C=O) groups is 1. The molecule has 0 spiro atoms. The number of nitrogen functional groups attached to an aromatic ring is 1. The Bertz CT molecular complexity index is 334. The highest BCUT2D eigenvalue weighted by molar-refractivity contribution is 5.89. The molecule has 0 fully saturated rings. The number of carboxylic acids is 1. The smallest absolute Gasteiger partial charge is 0.337 e. The molecule has 12 heavy (non-hydrogen) atoms. The molecule has 0 radical (unpaired) electrons. The van der Waals surface area contributed by atoms with Crippen molar-refractivity contribution in [3.05, 3.63) is 23.0 Å². The largest absolute Gasteiger partial charge is 0.478 e. The number of nitrogens with two attached hydrogens (primary N) is 1. The first-order chi connectivity index (χ1) is 5.52. The zero-order valence-electron chi connectivity index (χ0n) is 6.96. The number of carboxylic acid groups (broad SMARTS) is 1. The second kappa shape index (κ2) is 2.81. The van der Waals surface area contributed by atoms with Gasteiger partial charge in [0.2, 0.25) is 0 Å². The number of aromatic carboxylic acids is 1. The summed E-state index contributed by atoms with van der Waals surface area (Å²) in [5.41, 5.74) is 7.24. The maximum Gasteiger partial charge on any atom is 0.337 e. The molecule has 0 aliphatic carbocycles. The van der Waals surface area contributed by atoms with E-state index < -0.39 is 5.97 Å². The predicted molar refractivity (Wildman–Crippen MR) is 45.1 cm³/mol. The van der Waals surface area contributed by atoms with Crippen LogP contribution in [0.1, 0.15) is 21.7 Å². The van der Waals surface area contributed by atoms with Crippen LogP contribution in [0.4, 0.5) is 5.69 Å². The number of aromatic nitrogens is 1.